The molecule has 3 aromatic rings. The molecule has 1 aliphatic rings. The van der Waals surface area contributed by atoms with Gasteiger partial charge in [-0.15, -0.1) is 0 Å². The standard InChI is InChI=1S/C23H12N6O11S/c24-28-26-18-16-10(21(35)23(37)19(18)27-29-25)2-1-3-15(16)41(38,39)40-14-5-8(4-13(33)22(14)36)20(34)17-11(31)6-9(30)7-12(17)32/h1-7,30-33,36H. The number of azide groups is 2. The summed E-state index contributed by atoms with van der Waals surface area (Å²) >= 11 is 0. The largest absolute Gasteiger partial charge is 0.508 e. The number of hydrogen-bond acceptors (Lipinski definition) is 13. The highest BCUT2D eigenvalue weighted by Gasteiger charge is 2.37. The second kappa shape index (κ2) is 10.2. The molecular formula is C23H12N6O11S. The van der Waals surface area contributed by atoms with Crippen molar-refractivity contribution in [3.8, 4) is 34.5 Å². The van der Waals surface area contributed by atoms with Gasteiger partial charge in [-0.05, 0) is 29.3 Å². The highest BCUT2D eigenvalue weighted by atomic mass is 32.2. The molecule has 0 aliphatic heterocycles. The number of rotatable bonds is 7. The van der Waals surface area contributed by atoms with Crippen LogP contribution in [-0.2, 0) is 14.9 Å². The number of nitrogens with zero attached hydrogens (tertiary/aromatic N) is 6. The first-order valence-electron chi connectivity index (χ1n) is 10.7. The molecule has 5 N–H and O–H groups in total. The van der Waals surface area contributed by atoms with Crippen LogP contribution < -0.4 is 4.18 Å². The third kappa shape index (κ3) is 4.75. The van der Waals surface area contributed by atoms with Crippen molar-refractivity contribution in [1.82, 2.24) is 0 Å². The number of Topliss-reactive ketones (excluding diaryl/α,β-unsaturated/α-hetero) is 2. The summed E-state index contributed by atoms with van der Waals surface area (Å²) in [6.45, 7) is 0. The third-order valence-electron chi connectivity index (χ3n) is 5.54. The average molecular weight is 580 g/mol. The molecule has 0 heterocycles. The zero-order valence-electron chi connectivity index (χ0n) is 19.8. The van der Waals surface area contributed by atoms with Crippen molar-refractivity contribution in [3.05, 3.63) is 91.3 Å². The van der Waals surface area contributed by atoms with Gasteiger partial charge in [-0.25, -0.2) is 0 Å². The fourth-order valence-electron chi connectivity index (χ4n) is 3.83. The molecule has 17 nitrogen and oxygen atoms in total. The number of benzene rings is 3. The van der Waals surface area contributed by atoms with E-state index in [-0.39, 0.29) is 0 Å². The van der Waals surface area contributed by atoms with Gasteiger partial charge in [-0.3, -0.25) is 14.4 Å². The Morgan fingerprint density at radius 3 is 2.05 bits per heavy atom. The molecule has 0 radical (unpaired) electrons. The quantitative estimate of drug-likeness (QED) is 0.0513. The lowest BCUT2D eigenvalue weighted by molar-refractivity contribution is -0.111. The van der Waals surface area contributed by atoms with Crippen molar-refractivity contribution in [3.63, 3.8) is 0 Å². The number of carbonyl (C=O) groups is 3. The number of hydrogen-bond donors (Lipinski definition) is 5. The number of aromatic hydroxyl groups is 5. The van der Waals surface area contributed by atoms with Crippen LogP contribution in [0.25, 0.3) is 26.6 Å². The Morgan fingerprint density at radius 2 is 1.44 bits per heavy atom. The Hall–Kier alpha value is -6.22. The minimum absolute atomic E-state index is 0.562. The van der Waals surface area contributed by atoms with Crippen molar-refractivity contribution in [1.29, 1.82) is 0 Å². The Morgan fingerprint density at radius 1 is 0.829 bits per heavy atom. The minimum atomic E-state index is -5.18. The molecule has 0 aromatic heterocycles. The van der Waals surface area contributed by atoms with Gasteiger partial charge in [-0.1, -0.05) is 22.4 Å². The molecule has 1 aliphatic carbocycles. The summed E-state index contributed by atoms with van der Waals surface area (Å²) in [5.41, 5.74) is 13.4. The van der Waals surface area contributed by atoms with E-state index >= 15 is 0 Å². The van der Waals surface area contributed by atoms with E-state index in [4.69, 9.17) is 15.2 Å². The summed E-state index contributed by atoms with van der Waals surface area (Å²) in [6, 6.07) is 5.63. The molecule has 0 fully saturated rings. The first-order chi connectivity index (χ1) is 19.3. The smallest absolute Gasteiger partial charge is 0.339 e. The second-order valence-electron chi connectivity index (χ2n) is 7.98. The Kier molecular flexibility index (Phi) is 6.89. The van der Waals surface area contributed by atoms with E-state index in [9.17, 15) is 48.3 Å². The van der Waals surface area contributed by atoms with Gasteiger partial charge in [0.2, 0.25) is 23.1 Å². The molecule has 0 unspecified atom stereocenters. The molecule has 0 bridgehead atoms. The molecule has 206 valence electrons. The highest BCUT2D eigenvalue weighted by molar-refractivity contribution is 7.87. The van der Waals surface area contributed by atoms with Gasteiger partial charge in [0.05, 0.1) is 11.4 Å². The molecule has 41 heavy (non-hydrogen) atoms. The van der Waals surface area contributed by atoms with E-state index in [0.717, 1.165) is 30.3 Å². The van der Waals surface area contributed by atoms with Crippen LogP contribution in [0.1, 0.15) is 31.8 Å². The first-order valence-corrected chi connectivity index (χ1v) is 12.1. The predicted octanol–water partition coefficient (Wildman–Crippen LogP) is 3.27. The van der Waals surface area contributed by atoms with Crippen molar-refractivity contribution < 1.29 is 52.5 Å². The summed E-state index contributed by atoms with van der Waals surface area (Å²) in [6.07, 6.45) is 0. The van der Waals surface area contributed by atoms with E-state index in [1.807, 2.05) is 0 Å². The first kappa shape index (κ1) is 27.8. The zero-order chi connectivity index (χ0) is 30.2. The molecule has 3 aromatic carbocycles. The molecule has 0 amide bonds. The fourth-order valence-corrected chi connectivity index (χ4v) is 4.99. The van der Waals surface area contributed by atoms with E-state index in [1.165, 1.54) is 0 Å². The van der Waals surface area contributed by atoms with Gasteiger partial charge in [0.1, 0.15) is 27.7 Å². The predicted molar refractivity (Wildman–Crippen MR) is 133 cm³/mol. The van der Waals surface area contributed by atoms with Gasteiger partial charge in [0.15, 0.2) is 11.5 Å². The summed E-state index contributed by atoms with van der Waals surface area (Å²) < 4.78 is 31.7. The van der Waals surface area contributed by atoms with E-state index in [1.54, 1.807) is 0 Å². The number of allylic oxidation sites excluding steroid dienone is 1. The monoisotopic (exact) mass is 580 g/mol. The van der Waals surface area contributed by atoms with Crippen molar-refractivity contribution in [2.75, 3.05) is 0 Å². The Bertz CT molecular complexity index is 1930. The average Bonchev–Trinajstić information content (AvgIpc) is 2.90. The zero-order valence-corrected chi connectivity index (χ0v) is 20.6. The molecule has 4 rings (SSSR count). The molecule has 0 saturated carbocycles. The normalized spacial score (nSPS) is 12.7. The Balaban J connectivity index is 1.89. The number of ketones is 3. The lowest BCUT2D eigenvalue weighted by Crippen LogP contribution is -2.25. The Labute approximate surface area is 226 Å². The topological polar surface area (TPSA) is 293 Å². The summed E-state index contributed by atoms with van der Waals surface area (Å²) in [5.74, 6) is -9.55. The maximum atomic E-state index is 13.4. The minimum Gasteiger partial charge on any atom is -0.508 e. The number of phenolic OH excluding ortho intramolecular Hbond substituents is 5. The number of fused-ring (bicyclic) bond motifs is 1. The van der Waals surface area contributed by atoms with Crippen LogP contribution in [0.2, 0.25) is 0 Å². The van der Waals surface area contributed by atoms with E-state index in [2.05, 4.69) is 20.1 Å². The van der Waals surface area contributed by atoms with Crippen molar-refractivity contribution in [2.45, 2.75) is 4.90 Å². The fraction of sp³-hybridized carbons (Fsp3) is 0. The molecular weight excluding hydrogens is 568 g/mol. The van der Waals surface area contributed by atoms with Crippen LogP contribution >= 0.6 is 0 Å². The van der Waals surface area contributed by atoms with Crippen molar-refractivity contribution >= 4 is 33.2 Å². The maximum absolute atomic E-state index is 13.4. The van der Waals surface area contributed by atoms with E-state index < -0.39 is 101 Å². The van der Waals surface area contributed by atoms with Gasteiger partial charge in [0.25, 0.3) is 0 Å². The van der Waals surface area contributed by atoms with E-state index in [0.29, 0.717) is 12.1 Å². The van der Waals surface area contributed by atoms with Gasteiger partial charge in [0, 0.05) is 38.6 Å². The lowest BCUT2D eigenvalue weighted by Gasteiger charge is -2.20. The SMILES string of the molecule is [N-]=[N+]=NC1=C(N=[N+]=[N-])c2c(cccc2S(=O)(=O)Oc2cc(C(=O)c3c(O)cc(O)cc3O)cc(O)c2O)C(=O)C1=O. The number of phenols is 5. The number of carbonyl (C=O) groups excluding carboxylic acids is 3. The molecule has 18 heteroatoms. The van der Waals surface area contributed by atoms with Crippen LogP contribution in [0, 0.1) is 0 Å². The maximum Gasteiger partial charge on any atom is 0.339 e. The molecule has 0 atom stereocenters. The second-order valence-corrected chi connectivity index (χ2v) is 9.50. The van der Waals surface area contributed by atoms with Gasteiger partial charge >= 0.3 is 10.1 Å². The molecule has 0 spiro atoms. The van der Waals surface area contributed by atoms with Crippen molar-refractivity contribution in [2.24, 2.45) is 10.2 Å². The van der Waals surface area contributed by atoms with Crippen LogP contribution in [0.4, 0.5) is 0 Å². The third-order valence-corrected chi connectivity index (χ3v) is 6.81. The van der Waals surface area contributed by atoms with Crippen LogP contribution in [0.3, 0.4) is 0 Å². The lowest BCUT2D eigenvalue weighted by atomic mass is 9.91. The van der Waals surface area contributed by atoms with Gasteiger partial charge in [-0.2, -0.15) is 8.42 Å². The molecule has 0 saturated heterocycles. The summed E-state index contributed by atoms with van der Waals surface area (Å²) in [5, 5.41) is 56.2. The van der Waals surface area contributed by atoms with Crippen LogP contribution in [0.15, 0.2) is 63.3 Å². The summed E-state index contributed by atoms with van der Waals surface area (Å²) in [4.78, 5) is 41.9. The summed E-state index contributed by atoms with van der Waals surface area (Å²) in [7, 11) is -5.18. The van der Waals surface area contributed by atoms with Crippen LogP contribution in [-0.4, -0.2) is 51.3 Å². The van der Waals surface area contributed by atoms with Gasteiger partial charge < -0.3 is 29.7 Å². The highest BCUT2D eigenvalue weighted by Crippen LogP contribution is 2.42. The van der Waals surface area contributed by atoms with Crippen LogP contribution in [0.5, 0.6) is 34.5 Å².